The molecule has 2 aromatic carbocycles. The van der Waals surface area contributed by atoms with Crippen LogP contribution in [-0.2, 0) is 6.54 Å². The summed E-state index contributed by atoms with van der Waals surface area (Å²) in [6, 6.07) is 12.7. The van der Waals surface area contributed by atoms with Gasteiger partial charge in [0.15, 0.2) is 5.96 Å². The Balaban J connectivity index is 0.00000261. The number of halogens is 2. The highest BCUT2D eigenvalue weighted by Gasteiger charge is 2.18. The molecule has 1 fully saturated rings. The van der Waals surface area contributed by atoms with Gasteiger partial charge < -0.3 is 20.3 Å². The number of nitrogens with zero attached hydrogens (tertiary/aromatic N) is 3. The standard InChI is InChI=1S/C20H25FN4O.HI/c1-15-3-4-16(13-19(15)26-2)14-23-20(22)25-11-9-24(10-12-25)18-7-5-17(21)6-8-18;/h3-8,13H,9-12,14H2,1-2H3,(H2,22,23);1H. The lowest BCUT2D eigenvalue weighted by molar-refractivity contribution is 0.380. The maximum atomic E-state index is 13.0. The van der Waals surface area contributed by atoms with Crippen molar-refractivity contribution in [2.24, 2.45) is 10.7 Å². The lowest BCUT2D eigenvalue weighted by Gasteiger charge is -2.36. The van der Waals surface area contributed by atoms with Crippen molar-refractivity contribution in [3.63, 3.8) is 0 Å². The Morgan fingerprint density at radius 1 is 1.11 bits per heavy atom. The Hall–Kier alpha value is -2.03. The number of hydrogen-bond donors (Lipinski definition) is 1. The van der Waals surface area contributed by atoms with Gasteiger partial charge in [-0.2, -0.15) is 0 Å². The molecule has 0 bridgehead atoms. The Kier molecular flexibility index (Phi) is 7.70. The quantitative estimate of drug-likeness (QED) is 0.411. The number of methoxy groups -OCH3 is 1. The minimum absolute atomic E-state index is 0. The third-order valence-electron chi connectivity index (χ3n) is 4.69. The van der Waals surface area contributed by atoms with Gasteiger partial charge in [-0.15, -0.1) is 24.0 Å². The summed E-state index contributed by atoms with van der Waals surface area (Å²) in [4.78, 5) is 8.85. The molecular formula is C20H26FIN4O. The number of rotatable bonds is 4. The normalized spacial score (nSPS) is 14.7. The topological polar surface area (TPSA) is 54.1 Å². The summed E-state index contributed by atoms with van der Waals surface area (Å²) < 4.78 is 18.4. The smallest absolute Gasteiger partial charge is 0.191 e. The highest BCUT2D eigenvalue weighted by Crippen LogP contribution is 2.20. The summed E-state index contributed by atoms with van der Waals surface area (Å²) in [5, 5.41) is 0. The van der Waals surface area contributed by atoms with Crippen LogP contribution in [0, 0.1) is 12.7 Å². The molecule has 3 rings (SSSR count). The Labute approximate surface area is 177 Å². The van der Waals surface area contributed by atoms with Crippen LogP contribution in [0.4, 0.5) is 10.1 Å². The van der Waals surface area contributed by atoms with Crippen LogP contribution in [0.5, 0.6) is 5.75 Å². The van der Waals surface area contributed by atoms with Crippen LogP contribution >= 0.6 is 24.0 Å². The Morgan fingerprint density at radius 3 is 2.41 bits per heavy atom. The van der Waals surface area contributed by atoms with Crippen LogP contribution in [0.2, 0.25) is 0 Å². The third-order valence-corrected chi connectivity index (χ3v) is 4.69. The highest BCUT2D eigenvalue weighted by atomic mass is 127. The van der Waals surface area contributed by atoms with Crippen molar-refractivity contribution in [2.75, 3.05) is 38.2 Å². The number of aliphatic imine (C=N–C) groups is 1. The molecule has 0 aromatic heterocycles. The summed E-state index contributed by atoms with van der Waals surface area (Å²) in [5.74, 6) is 1.21. The van der Waals surface area contributed by atoms with Crippen LogP contribution < -0.4 is 15.4 Å². The molecule has 2 N–H and O–H groups in total. The van der Waals surface area contributed by atoms with Gasteiger partial charge in [-0.25, -0.2) is 9.38 Å². The predicted molar refractivity (Wildman–Crippen MR) is 119 cm³/mol. The van der Waals surface area contributed by atoms with Crippen molar-refractivity contribution in [3.05, 3.63) is 59.4 Å². The maximum Gasteiger partial charge on any atom is 0.191 e. The largest absolute Gasteiger partial charge is 0.496 e. The van der Waals surface area contributed by atoms with Gasteiger partial charge in [0.2, 0.25) is 0 Å². The van der Waals surface area contributed by atoms with Crippen molar-refractivity contribution in [1.82, 2.24) is 4.90 Å². The van der Waals surface area contributed by atoms with Crippen molar-refractivity contribution < 1.29 is 9.13 Å². The lowest BCUT2D eigenvalue weighted by atomic mass is 10.1. The number of aryl methyl sites for hydroxylation is 1. The minimum Gasteiger partial charge on any atom is -0.496 e. The van der Waals surface area contributed by atoms with Gasteiger partial charge in [-0.05, 0) is 48.4 Å². The van der Waals surface area contributed by atoms with E-state index in [4.69, 9.17) is 10.5 Å². The van der Waals surface area contributed by atoms with E-state index in [-0.39, 0.29) is 29.8 Å². The summed E-state index contributed by atoms with van der Waals surface area (Å²) in [7, 11) is 1.67. The molecular weight excluding hydrogens is 458 g/mol. The van der Waals surface area contributed by atoms with Crippen molar-refractivity contribution in [2.45, 2.75) is 13.5 Å². The average molecular weight is 484 g/mol. The molecule has 146 valence electrons. The summed E-state index contributed by atoms with van der Waals surface area (Å²) in [5.41, 5.74) is 9.38. The summed E-state index contributed by atoms with van der Waals surface area (Å²) in [6.45, 7) is 5.80. The van der Waals surface area contributed by atoms with Crippen LogP contribution in [0.1, 0.15) is 11.1 Å². The molecule has 0 spiro atoms. The Bertz CT molecular complexity index is 774. The second kappa shape index (κ2) is 9.77. The fourth-order valence-corrected chi connectivity index (χ4v) is 3.08. The molecule has 27 heavy (non-hydrogen) atoms. The molecule has 5 nitrogen and oxygen atoms in total. The van der Waals surface area contributed by atoms with Crippen molar-refractivity contribution in [1.29, 1.82) is 0 Å². The molecule has 2 aromatic rings. The first kappa shape index (κ1) is 21.3. The minimum atomic E-state index is -0.212. The zero-order valence-electron chi connectivity index (χ0n) is 15.7. The molecule has 0 radical (unpaired) electrons. The van der Waals surface area contributed by atoms with E-state index in [0.29, 0.717) is 12.5 Å². The zero-order chi connectivity index (χ0) is 18.5. The summed E-state index contributed by atoms with van der Waals surface area (Å²) in [6.07, 6.45) is 0. The van der Waals surface area contributed by atoms with Crippen molar-refractivity contribution >= 4 is 35.6 Å². The van der Waals surface area contributed by atoms with Gasteiger partial charge >= 0.3 is 0 Å². The molecule has 1 saturated heterocycles. The molecule has 1 aliphatic heterocycles. The first-order chi connectivity index (χ1) is 12.6. The number of piperazine rings is 1. The van der Waals surface area contributed by atoms with Crippen LogP contribution in [-0.4, -0.2) is 44.1 Å². The van der Waals surface area contributed by atoms with E-state index in [2.05, 4.69) is 14.8 Å². The molecule has 0 unspecified atom stereocenters. The van der Waals surface area contributed by atoms with Gasteiger partial charge in [0.1, 0.15) is 11.6 Å². The van der Waals surface area contributed by atoms with E-state index in [0.717, 1.165) is 48.7 Å². The van der Waals surface area contributed by atoms with E-state index in [9.17, 15) is 4.39 Å². The first-order valence-electron chi connectivity index (χ1n) is 8.75. The van der Waals surface area contributed by atoms with Gasteiger partial charge in [-0.1, -0.05) is 12.1 Å². The van der Waals surface area contributed by atoms with E-state index in [1.54, 1.807) is 7.11 Å². The van der Waals surface area contributed by atoms with E-state index in [1.165, 1.54) is 12.1 Å². The van der Waals surface area contributed by atoms with Gasteiger partial charge in [0.05, 0.1) is 13.7 Å². The predicted octanol–water partition coefficient (Wildman–Crippen LogP) is 3.40. The molecule has 0 amide bonds. The SMILES string of the molecule is COc1cc(CN=C(N)N2CCN(c3ccc(F)cc3)CC2)ccc1C.I. The Morgan fingerprint density at radius 2 is 1.78 bits per heavy atom. The van der Waals surface area contributed by atoms with Gasteiger partial charge in [-0.3, -0.25) is 0 Å². The number of nitrogens with two attached hydrogens (primary N) is 1. The van der Waals surface area contributed by atoms with Crippen LogP contribution in [0.25, 0.3) is 0 Å². The number of guanidine groups is 1. The molecule has 0 atom stereocenters. The monoisotopic (exact) mass is 484 g/mol. The molecule has 0 aliphatic carbocycles. The molecule has 1 aliphatic rings. The molecule has 0 saturated carbocycles. The third kappa shape index (κ3) is 5.47. The van der Waals surface area contributed by atoms with Gasteiger partial charge in [0.25, 0.3) is 0 Å². The fourth-order valence-electron chi connectivity index (χ4n) is 3.08. The zero-order valence-corrected chi connectivity index (χ0v) is 18.0. The maximum absolute atomic E-state index is 13.0. The number of anilines is 1. The second-order valence-electron chi connectivity index (χ2n) is 6.43. The van der Waals surface area contributed by atoms with E-state index < -0.39 is 0 Å². The van der Waals surface area contributed by atoms with E-state index in [1.807, 2.05) is 37.3 Å². The highest BCUT2D eigenvalue weighted by molar-refractivity contribution is 14.0. The number of hydrogen-bond acceptors (Lipinski definition) is 3. The van der Waals surface area contributed by atoms with E-state index >= 15 is 0 Å². The average Bonchev–Trinajstić information content (AvgIpc) is 2.68. The molecule has 1 heterocycles. The second-order valence-corrected chi connectivity index (χ2v) is 6.43. The summed E-state index contributed by atoms with van der Waals surface area (Å²) >= 11 is 0. The van der Waals surface area contributed by atoms with Crippen molar-refractivity contribution in [3.8, 4) is 5.75 Å². The number of ether oxygens (including phenoxy) is 1. The molecule has 7 heteroatoms. The fraction of sp³-hybridized carbons (Fsp3) is 0.350. The van der Waals surface area contributed by atoms with Gasteiger partial charge in [0, 0.05) is 31.9 Å². The number of benzene rings is 2. The first-order valence-corrected chi connectivity index (χ1v) is 8.75. The van der Waals surface area contributed by atoms with Crippen LogP contribution in [0.15, 0.2) is 47.5 Å². The lowest BCUT2D eigenvalue weighted by Crippen LogP contribution is -2.51. The van der Waals surface area contributed by atoms with Crippen LogP contribution in [0.3, 0.4) is 0 Å².